The third-order valence-corrected chi connectivity index (χ3v) is 3.49. The molecule has 0 atom stereocenters. The number of halogens is 2. The highest BCUT2D eigenvalue weighted by Crippen LogP contribution is 2.22. The van der Waals surface area contributed by atoms with Crippen molar-refractivity contribution in [2.45, 2.75) is 6.43 Å². The Morgan fingerprint density at radius 2 is 2.14 bits per heavy atom. The van der Waals surface area contributed by atoms with Crippen molar-refractivity contribution < 1.29 is 18.0 Å². The number of hydrogen-bond acceptors (Lipinski definition) is 8. The van der Waals surface area contributed by atoms with Crippen LogP contribution in [0.4, 0.5) is 8.78 Å². The van der Waals surface area contributed by atoms with Gasteiger partial charge >= 0.3 is 6.43 Å². The summed E-state index contributed by atoms with van der Waals surface area (Å²) in [6.07, 6.45) is 2.52. The highest BCUT2D eigenvalue weighted by molar-refractivity contribution is 5.96. The first-order valence-corrected chi connectivity index (χ1v) is 7.73. The average Bonchev–Trinajstić information content (AvgIpc) is 3.22. The average molecular weight is 383 g/mol. The SMILES string of the molecule is CN(/N=C/c1ccc(-c2nnc(C(F)F)o2)cn1)C(=O)c1cnccc1C#N. The van der Waals surface area contributed by atoms with Gasteiger partial charge in [-0.25, -0.2) is 5.01 Å². The van der Waals surface area contributed by atoms with Crippen molar-refractivity contribution in [3.63, 3.8) is 0 Å². The predicted molar refractivity (Wildman–Crippen MR) is 91.1 cm³/mol. The smallest absolute Gasteiger partial charge is 0.314 e. The fourth-order valence-corrected chi connectivity index (χ4v) is 2.08. The van der Waals surface area contributed by atoms with E-state index in [-0.39, 0.29) is 17.0 Å². The van der Waals surface area contributed by atoms with Gasteiger partial charge in [-0.2, -0.15) is 19.1 Å². The molecule has 0 aliphatic rings. The molecule has 0 radical (unpaired) electrons. The quantitative estimate of drug-likeness (QED) is 0.490. The molecule has 3 aromatic rings. The van der Waals surface area contributed by atoms with Crippen LogP contribution in [-0.2, 0) is 0 Å². The van der Waals surface area contributed by atoms with Crippen molar-refractivity contribution in [2.75, 3.05) is 7.05 Å². The van der Waals surface area contributed by atoms with Gasteiger partial charge in [-0.15, -0.1) is 10.2 Å². The Morgan fingerprint density at radius 1 is 1.32 bits per heavy atom. The molecule has 9 nitrogen and oxygen atoms in total. The van der Waals surface area contributed by atoms with Gasteiger partial charge in [-0.1, -0.05) is 0 Å². The number of aromatic nitrogens is 4. The molecule has 0 aliphatic carbocycles. The number of rotatable bonds is 5. The van der Waals surface area contributed by atoms with Gasteiger partial charge in [-0.3, -0.25) is 14.8 Å². The lowest BCUT2D eigenvalue weighted by Gasteiger charge is -2.11. The molecule has 0 unspecified atom stereocenters. The van der Waals surface area contributed by atoms with Crippen LogP contribution in [0, 0.1) is 11.3 Å². The number of hydrazone groups is 1. The zero-order valence-corrected chi connectivity index (χ0v) is 14.3. The molecule has 1 amide bonds. The van der Waals surface area contributed by atoms with Crippen molar-refractivity contribution >= 4 is 12.1 Å². The van der Waals surface area contributed by atoms with Crippen LogP contribution in [-0.4, -0.2) is 44.3 Å². The van der Waals surface area contributed by atoms with Gasteiger partial charge in [0.15, 0.2) is 0 Å². The van der Waals surface area contributed by atoms with Gasteiger partial charge < -0.3 is 4.42 Å². The van der Waals surface area contributed by atoms with Crippen LogP contribution >= 0.6 is 0 Å². The first-order chi connectivity index (χ1) is 13.5. The number of carbonyl (C=O) groups excluding carboxylic acids is 1. The number of amides is 1. The highest BCUT2D eigenvalue weighted by atomic mass is 19.3. The molecule has 140 valence electrons. The molecule has 0 aliphatic heterocycles. The minimum absolute atomic E-state index is 0.0841. The summed E-state index contributed by atoms with van der Waals surface area (Å²) in [5.74, 6) is -1.37. The second-order valence-corrected chi connectivity index (χ2v) is 5.32. The van der Waals surface area contributed by atoms with E-state index in [1.807, 2.05) is 6.07 Å². The number of nitrogens with zero attached hydrogens (tertiary/aromatic N) is 7. The molecule has 3 rings (SSSR count). The zero-order chi connectivity index (χ0) is 20.1. The van der Waals surface area contributed by atoms with Crippen LogP contribution in [0.25, 0.3) is 11.5 Å². The Kier molecular flexibility index (Phi) is 5.40. The fourth-order valence-electron chi connectivity index (χ4n) is 2.08. The van der Waals surface area contributed by atoms with Crippen LogP contribution in [0.2, 0.25) is 0 Å². The van der Waals surface area contributed by atoms with Crippen molar-refractivity contribution in [1.82, 2.24) is 25.2 Å². The lowest BCUT2D eigenvalue weighted by Crippen LogP contribution is -2.22. The molecule has 28 heavy (non-hydrogen) atoms. The van der Waals surface area contributed by atoms with E-state index in [4.69, 9.17) is 9.68 Å². The second-order valence-electron chi connectivity index (χ2n) is 5.32. The molecular weight excluding hydrogens is 372 g/mol. The molecule has 11 heteroatoms. The van der Waals surface area contributed by atoms with Gasteiger partial charge in [0.05, 0.1) is 28.6 Å². The molecule has 0 fully saturated rings. The van der Waals surface area contributed by atoms with Gasteiger partial charge in [0.25, 0.3) is 11.8 Å². The summed E-state index contributed by atoms with van der Waals surface area (Å²) in [6.45, 7) is 0. The van der Waals surface area contributed by atoms with Crippen LogP contribution in [0.15, 0.2) is 46.3 Å². The van der Waals surface area contributed by atoms with Gasteiger partial charge in [0.2, 0.25) is 5.89 Å². The minimum Gasteiger partial charge on any atom is -0.415 e. The predicted octanol–water partition coefficient (Wildman–Crippen LogP) is 2.44. The summed E-state index contributed by atoms with van der Waals surface area (Å²) >= 11 is 0. The largest absolute Gasteiger partial charge is 0.415 e. The van der Waals surface area contributed by atoms with E-state index in [1.54, 1.807) is 0 Å². The molecule has 0 N–H and O–H groups in total. The second kappa shape index (κ2) is 8.09. The molecule has 0 bridgehead atoms. The van der Waals surface area contributed by atoms with Crippen LogP contribution in [0.1, 0.15) is 33.9 Å². The summed E-state index contributed by atoms with van der Waals surface area (Å²) in [4.78, 5) is 20.3. The first kappa shape index (κ1) is 18.7. The molecule has 0 saturated heterocycles. The Bertz CT molecular complexity index is 1060. The van der Waals surface area contributed by atoms with Crippen molar-refractivity contribution in [2.24, 2.45) is 5.10 Å². The zero-order valence-electron chi connectivity index (χ0n) is 14.3. The summed E-state index contributed by atoms with van der Waals surface area (Å²) in [5.41, 5.74) is 1.06. The third-order valence-electron chi connectivity index (χ3n) is 3.49. The lowest BCUT2D eigenvalue weighted by molar-refractivity contribution is 0.0799. The van der Waals surface area contributed by atoms with Gasteiger partial charge in [0.1, 0.15) is 6.07 Å². The molecule has 3 heterocycles. The van der Waals surface area contributed by atoms with Gasteiger partial charge in [0, 0.05) is 25.6 Å². The van der Waals surface area contributed by atoms with E-state index < -0.39 is 18.2 Å². The van der Waals surface area contributed by atoms with Crippen molar-refractivity contribution in [3.8, 4) is 17.5 Å². The maximum atomic E-state index is 12.5. The van der Waals surface area contributed by atoms with Crippen LogP contribution < -0.4 is 0 Å². The first-order valence-electron chi connectivity index (χ1n) is 7.73. The monoisotopic (exact) mass is 383 g/mol. The summed E-state index contributed by atoms with van der Waals surface area (Å²) < 4.78 is 29.8. The summed E-state index contributed by atoms with van der Waals surface area (Å²) in [7, 11) is 1.42. The van der Waals surface area contributed by atoms with Crippen LogP contribution in [0.5, 0.6) is 0 Å². The maximum Gasteiger partial charge on any atom is 0.314 e. The Labute approximate surface area is 157 Å². The van der Waals surface area contributed by atoms with Crippen molar-refractivity contribution in [1.29, 1.82) is 5.26 Å². The molecule has 3 aromatic heterocycles. The van der Waals surface area contributed by atoms with E-state index in [0.29, 0.717) is 11.3 Å². The fraction of sp³-hybridized carbons (Fsp3) is 0.118. The van der Waals surface area contributed by atoms with Gasteiger partial charge in [-0.05, 0) is 18.2 Å². The molecule has 0 aromatic carbocycles. The Morgan fingerprint density at radius 3 is 2.79 bits per heavy atom. The Hall–Kier alpha value is -4.07. The summed E-state index contributed by atoms with van der Waals surface area (Å²) in [5, 5.41) is 20.9. The topological polar surface area (TPSA) is 121 Å². The number of nitriles is 1. The standard InChI is InChI=1S/C17H11F2N7O2/c1-26(17(27)13-9-21-5-4-10(13)6-20)23-8-12-3-2-11(7-22-12)15-24-25-16(28-15)14(18)19/h2-5,7-9,14H,1H3/b23-8+. The number of carbonyl (C=O) groups is 1. The molecule has 0 spiro atoms. The number of hydrogen-bond donors (Lipinski definition) is 0. The van der Waals surface area contributed by atoms with E-state index in [2.05, 4.69) is 25.3 Å². The highest BCUT2D eigenvalue weighted by Gasteiger charge is 2.17. The van der Waals surface area contributed by atoms with E-state index in [0.717, 1.165) is 5.01 Å². The van der Waals surface area contributed by atoms with E-state index in [9.17, 15) is 13.6 Å². The van der Waals surface area contributed by atoms with Crippen molar-refractivity contribution in [3.05, 3.63) is 59.5 Å². The lowest BCUT2D eigenvalue weighted by atomic mass is 10.1. The Balaban J connectivity index is 1.71. The maximum absolute atomic E-state index is 12.5. The molecule has 0 saturated carbocycles. The number of pyridine rings is 2. The van der Waals surface area contributed by atoms with E-state index >= 15 is 0 Å². The van der Waals surface area contributed by atoms with Crippen LogP contribution in [0.3, 0.4) is 0 Å². The van der Waals surface area contributed by atoms with E-state index in [1.165, 1.54) is 50.1 Å². The minimum atomic E-state index is -2.85. The normalized spacial score (nSPS) is 11.0. The third kappa shape index (κ3) is 4.01. The number of alkyl halides is 2. The summed E-state index contributed by atoms with van der Waals surface area (Å²) in [6, 6.07) is 6.42. The molecular formula is C17H11F2N7O2.